The zero-order chi connectivity index (χ0) is 18.9. The molecule has 26 heavy (non-hydrogen) atoms. The molecule has 4 N–H and O–H groups in total. The number of aliphatic hydroxyl groups excluding tert-OH is 1. The Morgan fingerprint density at radius 2 is 2.19 bits per heavy atom. The van der Waals surface area contributed by atoms with Crippen LogP contribution in [0.1, 0.15) is 16.8 Å². The van der Waals surface area contributed by atoms with E-state index in [4.69, 9.17) is 20.3 Å². The van der Waals surface area contributed by atoms with Crippen LogP contribution in [0.2, 0.25) is 0 Å². The van der Waals surface area contributed by atoms with Gasteiger partial charge in [-0.15, -0.1) is 0 Å². The normalized spacial score (nSPS) is 22.3. The number of nitrogens with two attached hydrogens (primary N) is 1. The van der Waals surface area contributed by atoms with Crippen LogP contribution in [0, 0.1) is 0 Å². The highest BCUT2D eigenvalue weighted by molar-refractivity contribution is 6.02. The highest BCUT2D eigenvalue weighted by Gasteiger charge is 2.47. The maximum Gasteiger partial charge on any atom is 0.260 e. The lowest BCUT2D eigenvalue weighted by molar-refractivity contribution is -0.131. The molecule has 2 aromatic carbocycles. The smallest absolute Gasteiger partial charge is 0.260 e. The minimum absolute atomic E-state index is 0.0381. The van der Waals surface area contributed by atoms with E-state index in [0.29, 0.717) is 16.9 Å². The Kier molecular flexibility index (Phi) is 4.69. The number of aliphatic hydroxyl groups is 1. The van der Waals surface area contributed by atoms with Crippen molar-refractivity contribution in [3.63, 3.8) is 0 Å². The third-order valence-electron chi connectivity index (χ3n) is 4.43. The predicted octanol–water partition coefficient (Wildman–Crippen LogP) is 0.915. The molecule has 8 heteroatoms. The highest BCUT2D eigenvalue weighted by Crippen LogP contribution is 2.33. The van der Waals surface area contributed by atoms with Gasteiger partial charge in [-0.3, -0.25) is 9.59 Å². The van der Waals surface area contributed by atoms with Gasteiger partial charge in [-0.1, -0.05) is 12.1 Å². The predicted molar refractivity (Wildman–Crippen MR) is 92.0 cm³/mol. The second-order valence-corrected chi connectivity index (χ2v) is 6.20. The average Bonchev–Trinajstić information content (AvgIpc) is 2.93. The number of carbonyl (C=O) groups excluding carboxylic acids is 2. The SMILES string of the molecule is COc1cc2c(OCC3CC(F)(CO)C(=O)N3)cccc2cc1C(N)=O. The Hall–Kier alpha value is -2.87. The number of amides is 2. The molecule has 2 amide bonds. The van der Waals surface area contributed by atoms with E-state index in [0.717, 1.165) is 5.39 Å². The van der Waals surface area contributed by atoms with Gasteiger partial charge in [-0.2, -0.15) is 0 Å². The fourth-order valence-corrected chi connectivity index (χ4v) is 3.04. The number of halogens is 1. The van der Waals surface area contributed by atoms with E-state index in [-0.39, 0.29) is 18.6 Å². The number of fused-ring (bicyclic) bond motifs is 1. The Labute approximate surface area is 148 Å². The molecule has 1 heterocycles. The van der Waals surface area contributed by atoms with Gasteiger partial charge in [-0.25, -0.2) is 4.39 Å². The van der Waals surface area contributed by atoms with Crippen molar-refractivity contribution in [2.24, 2.45) is 5.73 Å². The van der Waals surface area contributed by atoms with E-state index in [1.165, 1.54) is 7.11 Å². The van der Waals surface area contributed by atoms with Crippen molar-refractivity contribution < 1.29 is 28.6 Å². The Balaban J connectivity index is 1.85. The van der Waals surface area contributed by atoms with Crippen LogP contribution in [0.25, 0.3) is 10.8 Å². The van der Waals surface area contributed by atoms with Crippen molar-refractivity contribution in [2.45, 2.75) is 18.1 Å². The molecule has 3 rings (SSSR count). The van der Waals surface area contributed by atoms with Gasteiger partial charge in [0.15, 0.2) is 0 Å². The van der Waals surface area contributed by atoms with Gasteiger partial charge in [0.2, 0.25) is 5.67 Å². The summed E-state index contributed by atoms with van der Waals surface area (Å²) in [7, 11) is 1.43. The molecule has 0 aromatic heterocycles. The fourth-order valence-electron chi connectivity index (χ4n) is 3.04. The second kappa shape index (κ2) is 6.80. The summed E-state index contributed by atoms with van der Waals surface area (Å²) in [5.41, 5.74) is 3.35. The summed E-state index contributed by atoms with van der Waals surface area (Å²) in [5, 5.41) is 12.9. The average molecular weight is 362 g/mol. The number of primary amides is 1. The number of hydrogen-bond acceptors (Lipinski definition) is 5. The van der Waals surface area contributed by atoms with Crippen molar-refractivity contribution in [1.29, 1.82) is 0 Å². The topological polar surface area (TPSA) is 111 Å². The van der Waals surface area contributed by atoms with Crippen LogP contribution in [-0.2, 0) is 4.79 Å². The van der Waals surface area contributed by atoms with Crippen LogP contribution in [0.3, 0.4) is 0 Å². The summed E-state index contributed by atoms with van der Waals surface area (Å²) in [4.78, 5) is 23.1. The van der Waals surface area contributed by atoms with Crippen LogP contribution in [0.5, 0.6) is 11.5 Å². The lowest BCUT2D eigenvalue weighted by atomic mass is 10.0. The van der Waals surface area contributed by atoms with Crippen molar-refractivity contribution in [1.82, 2.24) is 5.32 Å². The van der Waals surface area contributed by atoms with Gasteiger partial charge in [0.25, 0.3) is 11.8 Å². The summed E-state index contributed by atoms with van der Waals surface area (Å²) in [6.45, 7) is -0.826. The molecule has 1 saturated heterocycles. The largest absolute Gasteiger partial charge is 0.496 e. The van der Waals surface area contributed by atoms with Crippen molar-refractivity contribution in [3.8, 4) is 11.5 Å². The first-order valence-electron chi connectivity index (χ1n) is 8.02. The zero-order valence-corrected chi connectivity index (χ0v) is 14.1. The Bertz CT molecular complexity index is 872. The summed E-state index contributed by atoms with van der Waals surface area (Å²) in [6.07, 6.45) is -0.164. The maximum atomic E-state index is 14.1. The number of methoxy groups -OCH3 is 1. The summed E-state index contributed by atoms with van der Waals surface area (Å²) in [6, 6.07) is 7.96. The van der Waals surface area contributed by atoms with Crippen LogP contribution in [-0.4, -0.2) is 49.0 Å². The number of alkyl halides is 1. The summed E-state index contributed by atoms with van der Waals surface area (Å²) in [5.74, 6) is -0.629. The second-order valence-electron chi connectivity index (χ2n) is 6.20. The third-order valence-corrected chi connectivity index (χ3v) is 4.43. The maximum absolute atomic E-state index is 14.1. The van der Waals surface area contributed by atoms with Crippen molar-refractivity contribution >= 4 is 22.6 Å². The molecule has 0 saturated carbocycles. The molecule has 0 radical (unpaired) electrons. The molecular formula is C18H19FN2O5. The first-order valence-corrected chi connectivity index (χ1v) is 8.02. The monoisotopic (exact) mass is 362 g/mol. The first kappa shape index (κ1) is 17.9. The molecule has 7 nitrogen and oxygen atoms in total. The van der Waals surface area contributed by atoms with Crippen LogP contribution in [0.4, 0.5) is 4.39 Å². The van der Waals surface area contributed by atoms with E-state index in [1.54, 1.807) is 30.3 Å². The van der Waals surface area contributed by atoms with E-state index in [9.17, 15) is 14.0 Å². The summed E-state index contributed by atoms with van der Waals surface area (Å²) >= 11 is 0. The van der Waals surface area contributed by atoms with Crippen LogP contribution >= 0.6 is 0 Å². The Morgan fingerprint density at radius 1 is 1.42 bits per heavy atom. The lowest BCUT2D eigenvalue weighted by Crippen LogP contribution is -2.37. The number of carbonyl (C=O) groups is 2. The van der Waals surface area contributed by atoms with Gasteiger partial charge in [0.1, 0.15) is 18.1 Å². The van der Waals surface area contributed by atoms with Crippen LogP contribution < -0.4 is 20.5 Å². The van der Waals surface area contributed by atoms with E-state index < -0.39 is 30.1 Å². The van der Waals surface area contributed by atoms with Crippen molar-refractivity contribution in [2.75, 3.05) is 20.3 Å². The molecule has 2 aromatic rings. The molecule has 0 aliphatic carbocycles. The minimum atomic E-state index is -2.27. The molecule has 0 spiro atoms. The zero-order valence-electron chi connectivity index (χ0n) is 14.1. The van der Waals surface area contributed by atoms with Gasteiger partial charge < -0.3 is 25.6 Å². The van der Waals surface area contributed by atoms with Gasteiger partial charge in [0.05, 0.1) is 25.3 Å². The first-order chi connectivity index (χ1) is 12.4. The quantitative estimate of drug-likeness (QED) is 0.708. The lowest BCUT2D eigenvalue weighted by Gasteiger charge is -2.15. The van der Waals surface area contributed by atoms with Gasteiger partial charge >= 0.3 is 0 Å². The molecule has 1 aliphatic rings. The number of nitrogens with one attached hydrogen (secondary N) is 1. The minimum Gasteiger partial charge on any atom is -0.496 e. The molecule has 138 valence electrons. The van der Waals surface area contributed by atoms with E-state index >= 15 is 0 Å². The van der Waals surface area contributed by atoms with Crippen molar-refractivity contribution in [3.05, 3.63) is 35.9 Å². The molecule has 0 bridgehead atoms. The summed E-state index contributed by atoms with van der Waals surface area (Å²) < 4.78 is 25.1. The number of ether oxygens (including phenoxy) is 2. The third kappa shape index (κ3) is 3.15. The molecule has 2 atom stereocenters. The standard InChI is InChI=1S/C18H19FN2O5/c1-25-15-6-12-10(5-13(15)16(20)23)3-2-4-14(12)26-8-11-7-18(19,9-22)17(24)21-11/h2-6,11,22H,7-9H2,1H3,(H2,20,23)(H,21,24). The number of rotatable bonds is 6. The van der Waals surface area contributed by atoms with Gasteiger partial charge in [0, 0.05) is 11.8 Å². The highest BCUT2D eigenvalue weighted by atomic mass is 19.1. The molecule has 1 fully saturated rings. The molecule has 1 aliphatic heterocycles. The Morgan fingerprint density at radius 3 is 2.81 bits per heavy atom. The number of benzene rings is 2. The number of hydrogen-bond donors (Lipinski definition) is 3. The molecular weight excluding hydrogens is 343 g/mol. The van der Waals surface area contributed by atoms with Crippen LogP contribution in [0.15, 0.2) is 30.3 Å². The molecule has 2 unspecified atom stereocenters. The fraction of sp³-hybridized carbons (Fsp3) is 0.333. The van der Waals surface area contributed by atoms with E-state index in [2.05, 4.69) is 5.32 Å². The van der Waals surface area contributed by atoms with E-state index in [1.807, 2.05) is 0 Å². The van der Waals surface area contributed by atoms with Gasteiger partial charge in [-0.05, 0) is 23.6 Å².